The monoisotopic (exact) mass is 314 g/mol. The Kier molecular flexibility index (Phi) is 4.27. The van der Waals surface area contributed by atoms with E-state index in [1.165, 1.54) is 42.5 Å². The first-order valence-electron chi connectivity index (χ1n) is 5.81. The molecule has 2 aromatic rings. The van der Waals surface area contributed by atoms with Crippen molar-refractivity contribution >= 4 is 21.4 Å². The molecule has 0 unspecified atom stereocenters. The van der Waals surface area contributed by atoms with Gasteiger partial charge in [-0.1, -0.05) is 24.3 Å². The maximum absolute atomic E-state index is 12.3. The van der Waals surface area contributed by atoms with Crippen molar-refractivity contribution in [3.63, 3.8) is 0 Å². The lowest BCUT2D eigenvalue weighted by Crippen LogP contribution is -2.16. The average Bonchev–Trinajstić information content (AvgIpc) is 2.40. The van der Waals surface area contributed by atoms with Crippen LogP contribution >= 0.6 is 0 Å². The second-order valence-corrected chi connectivity index (χ2v) is 5.67. The van der Waals surface area contributed by atoms with Crippen molar-refractivity contribution in [3.8, 4) is 5.75 Å². The fourth-order valence-electron chi connectivity index (χ4n) is 1.67. The number of nitrogen functional groups attached to an aromatic ring is 1. The maximum Gasteiger partial charge on any atom is 0.387 e. The van der Waals surface area contributed by atoms with Crippen LogP contribution < -0.4 is 15.2 Å². The summed E-state index contributed by atoms with van der Waals surface area (Å²) in [6, 6.07) is 11.3. The van der Waals surface area contributed by atoms with Crippen LogP contribution in [-0.4, -0.2) is 15.0 Å². The molecule has 0 saturated carbocycles. The molecule has 0 fully saturated rings. The summed E-state index contributed by atoms with van der Waals surface area (Å²) in [5.41, 5.74) is 5.57. The molecule has 0 atom stereocenters. The van der Waals surface area contributed by atoms with E-state index in [1.807, 2.05) is 0 Å². The SMILES string of the molecule is Nc1ccccc1S(=O)(=O)Nc1ccccc1OC(F)F. The number of anilines is 2. The highest BCUT2D eigenvalue weighted by atomic mass is 32.2. The summed E-state index contributed by atoms with van der Waals surface area (Å²) in [6.45, 7) is -3.06. The van der Waals surface area contributed by atoms with Crippen LogP contribution in [0.2, 0.25) is 0 Å². The highest BCUT2D eigenvalue weighted by Crippen LogP contribution is 2.29. The summed E-state index contributed by atoms with van der Waals surface area (Å²) in [4.78, 5) is -0.142. The summed E-state index contributed by atoms with van der Waals surface area (Å²) in [5.74, 6) is -0.273. The molecule has 0 heterocycles. The smallest absolute Gasteiger partial charge is 0.387 e. The average molecular weight is 314 g/mol. The van der Waals surface area contributed by atoms with Crippen LogP contribution in [0.25, 0.3) is 0 Å². The standard InChI is InChI=1S/C13H12F2N2O3S/c14-13(15)20-11-7-3-2-6-10(11)17-21(18,19)12-8-4-1-5-9(12)16/h1-8,13,17H,16H2. The van der Waals surface area contributed by atoms with E-state index >= 15 is 0 Å². The van der Waals surface area contributed by atoms with E-state index in [4.69, 9.17) is 5.73 Å². The third kappa shape index (κ3) is 3.60. The van der Waals surface area contributed by atoms with Gasteiger partial charge in [-0.3, -0.25) is 4.72 Å². The highest BCUT2D eigenvalue weighted by molar-refractivity contribution is 7.92. The van der Waals surface area contributed by atoms with E-state index in [1.54, 1.807) is 6.07 Å². The van der Waals surface area contributed by atoms with Gasteiger partial charge in [-0.2, -0.15) is 8.78 Å². The largest absolute Gasteiger partial charge is 0.433 e. The number of alkyl halides is 2. The van der Waals surface area contributed by atoms with Gasteiger partial charge in [-0.05, 0) is 24.3 Å². The normalized spacial score (nSPS) is 11.4. The molecule has 0 bridgehead atoms. The van der Waals surface area contributed by atoms with Gasteiger partial charge in [-0.15, -0.1) is 0 Å². The molecule has 2 rings (SSSR count). The van der Waals surface area contributed by atoms with E-state index in [9.17, 15) is 17.2 Å². The van der Waals surface area contributed by atoms with Gasteiger partial charge in [-0.25, -0.2) is 8.42 Å². The Morgan fingerprint density at radius 2 is 1.67 bits per heavy atom. The molecule has 0 saturated heterocycles. The Labute approximate surface area is 120 Å². The van der Waals surface area contributed by atoms with Crippen molar-refractivity contribution in [2.24, 2.45) is 0 Å². The lowest BCUT2D eigenvalue weighted by atomic mass is 10.3. The molecule has 0 amide bonds. The first-order valence-corrected chi connectivity index (χ1v) is 7.29. The van der Waals surface area contributed by atoms with Crippen molar-refractivity contribution in [1.82, 2.24) is 0 Å². The van der Waals surface area contributed by atoms with Crippen LogP contribution in [0.15, 0.2) is 53.4 Å². The predicted molar refractivity (Wildman–Crippen MR) is 74.7 cm³/mol. The second kappa shape index (κ2) is 5.96. The number of sulfonamides is 1. The van der Waals surface area contributed by atoms with Crippen LogP contribution in [0.3, 0.4) is 0 Å². The van der Waals surface area contributed by atoms with Gasteiger partial charge >= 0.3 is 6.61 Å². The third-order valence-electron chi connectivity index (χ3n) is 2.56. The minimum atomic E-state index is -4.00. The first-order chi connectivity index (χ1) is 9.90. The molecule has 5 nitrogen and oxygen atoms in total. The number of benzene rings is 2. The number of rotatable bonds is 5. The van der Waals surface area contributed by atoms with Crippen molar-refractivity contribution in [2.45, 2.75) is 11.5 Å². The Hall–Kier alpha value is -2.35. The molecule has 8 heteroatoms. The van der Waals surface area contributed by atoms with Crippen LogP contribution in [-0.2, 0) is 10.0 Å². The number of nitrogens with one attached hydrogen (secondary N) is 1. The summed E-state index contributed by atoms with van der Waals surface area (Å²) in [7, 11) is -4.00. The topological polar surface area (TPSA) is 81.4 Å². The van der Waals surface area contributed by atoms with Gasteiger partial charge in [0.05, 0.1) is 11.4 Å². The summed E-state index contributed by atoms with van der Waals surface area (Å²) < 4.78 is 55.5. The quantitative estimate of drug-likeness (QED) is 0.831. The van der Waals surface area contributed by atoms with E-state index in [0.717, 1.165) is 0 Å². The lowest BCUT2D eigenvalue weighted by Gasteiger charge is -2.13. The van der Waals surface area contributed by atoms with Gasteiger partial charge in [0, 0.05) is 0 Å². The van der Waals surface area contributed by atoms with Crippen LogP contribution in [0.4, 0.5) is 20.2 Å². The number of halogens is 2. The molecule has 0 aliphatic carbocycles. The third-order valence-corrected chi connectivity index (χ3v) is 4.00. The van der Waals surface area contributed by atoms with Crippen molar-refractivity contribution in [3.05, 3.63) is 48.5 Å². The van der Waals surface area contributed by atoms with Crippen molar-refractivity contribution in [2.75, 3.05) is 10.5 Å². The zero-order valence-corrected chi connectivity index (χ0v) is 11.5. The van der Waals surface area contributed by atoms with Gasteiger partial charge in [0.1, 0.15) is 10.6 Å². The first kappa shape index (κ1) is 15.0. The van der Waals surface area contributed by atoms with Crippen LogP contribution in [0, 0.1) is 0 Å². The molecule has 0 aliphatic heterocycles. The molecule has 2 aromatic carbocycles. The minimum absolute atomic E-state index is 0.0530. The van der Waals surface area contributed by atoms with Crippen molar-refractivity contribution < 1.29 is 21.9 Å². The minimum Gasteiger partial charge on any atom is -0.433 e. The molecule has 0 aromatic heterocycles. The molecule has 0 aliphatic rings. The van der Waals surface area contributed by atoms with Gasteiger partial charge < -0.3 is 10.5 Å². The number of ether oxygens (including phenoxy) is 1. The molecule has 3 N–H and O–H groups in total. The molecule has 112 valence electrons. The summed E-state index contributed by atoms with van der Waals surface area (Å²) in [5, 5.41) is 0. The molecular formula is C13H12F2N2O3S. The number of para-hydroxylation sites is 3. The second-order valence-electron chi connectivity index (χ2n) is 4.02. The Bertz CT molecular complexity index is 736. The zero-order chi connectivity index (χ0) is 15.5. The van der Waals surface area contributed by atoms with E-state index in [-0.39, 0.29) is 22.0 Å². The van der Waals surface area contributed by atoms with Crippen LogP contribution in [0.5, 0.6) is 5.75 Å². The van der Waals surface area contributed by atoms with E-state index in [0.29, 0.717) is 0 Å². The van der Waals surface area contributed by atoms with E-state index in [2.05, 4.69) is 9.46 Å². The number of nitrogens with two attached hydrogens (primary N) is 1. The molecular weight excluding hydrogens is 302 g/mol. The van der Waals surface area contributed by atoms with Crippen molar-refractivity contribution in [1.29, 1.82) is 0 Å². The number of hydrogen-bond donors (Lipinski definition) is 2. The lowest BCUT2D eigenvalue weighted by molar-refractivity contribution is -0.0493. The zero-order valence-electron chi connectivity index (χ0n) is 10.7. The van der Waals surface area contributed by atoms with E-state index < -0.39 is 16.6 Å². The summed E-state index contributed by atoms with van der Waals surface area (Å²) >= 11 is 0. The van der Waals surface area contributed by atoms with Gasteiger partial charge in [0.15, 0.2) is 0 Å². The van der Waals surface area contributed by atoms with Gasteiger partial charge in [0.25, 0.3) is 10.0 Å². The maximum atomic E-state index is 12.3. The highest BCUT2D eigenvalue weighted by Gasteiger charge is 2.19. The number of hydrogen-bond acceptors (Lipinski definition) is 4. The fraction of sp³-hybridized carbons (Fsp3) is 0.0769. The Morgan fingerprint density at radius 1 is 1.05 bits per heavy atom. The predicted octanol–water partition coefficient (Wildman–Crippen LogP) is 2.67. The molecule has 0 radical (unpaired) electrons. The van der Waals surface area contributed by atoms with Gasteiger partial charge in [0.2, 0.25) is 0 Å². The Balaban J connectivity index is 2.36. The molecule has 21 heavy (non-hydrogen) atoms. The van der Waals surface area contributed by atoms with Crippen LogP contribution in [0.1, 0.15) is 0 Å². The fourth-order valence-corrected chi connectivity index (χ4v) is 2.88. The molecule has 0 spiro atoms. The summed E-state index contributed by atoms with van der Waals surface area (Å²) in [6.07, 6.45) is 0. The Morgan fingerprint density at radius 3 is 2.33 bits per heavy atom.